The van der Waals surface area contributed by atoms with Gasteiger partial charge in [0.15, 0.2) is 0 Å². The van der Waals surface area contributed by atoms with Crippen LogP contribution in [0.4, 0.5) is 11.4 Å². The summed E-state index contributed by atoms with van der Waals surface area (Å²) in [5.74, 6) is 1.73. The lowest BCUT2D eigenvalue weighted by Crippen LogP contribution is -2.54. The van der Waals surface area contributed by atoms with Crippen molar-refractivity contribution >= 4 is 47.3 Å². The molecular formula is C24H28Cl2N3O3+. The van der Waals surface area contributed by atoms with E-state index in [4.69, 9.17) is 37.4 Å². The number of nitrogens with zero attached hydrogens (tertiary/aromatic N) is 3. The Kier molecular flexibility index (Phi) is 7.36. The Morgan fingerprint density at radius 3 is 2.03 bits per heavy atom. The summed E-state index contributed by atoms with van der Waals surface area (Å²) in [7, 11) is 3.19. The molecule has 2 aliphatic rings. The molecule has 0 spiro atoms. The van der Waals surface area contributed by atoms with Gasteiger partial charge in [0.25, 0.3) is 0 Å². The minimum atomic E-state index is -0.566. The average Bonchev–Trinajstić information content (AvgIpc) is 2.83. The quantitative estimate of drug-likeness (QED) is 0.422. The number of methoxy groups -OCH3 is 2. The molecule has 4 rings (SSSR count). The zero-order valence-corrected chi connectivity index (χ0v) is 19.9. The standard InChI is InChI=1S/C24H28Cl2N3O3/c1-30-22-10-8-18(12-20(22)25)29(19-9-11-23(31-2)21(26)13-19)16-27-15-28-24(29)32-14-17-6-4-3-5-7-17/h8-13,15-17,24H,3-7,14H2,1-2H3/q+1. The van der Waals surface area contributed by atoms with Crippen LogP contribution in [0.15, 0.2) is 46.4 Å². The molecule has 0 aromatic heterocycles. The van der Waals surface area contributed by atoms with E-state index >= 15 is 0 Å². The second-order valence-corrected chi connectivity index (χ2v) is 8.92. The summed E-state index contributed by atoms with van der Waals surface area (Å²) in [6.07, 6.45) is 8.98. The van der Waals surface area contributed by atoms with Crippen molar-refractivity contribution in [1.82, 2.24) is 4.48 Å². The van der Waals surface area contributed by atoms with Gasteiger partial charge >= 0.3 is 6.35 Å². The molecule has 1 unspecified atom stereocenters. The van der Waals surface area contributed by atoms with E-state index in [1.807, 2.05) is 42.7 Å². The molecule has 1 fully saturated rings. The molecule has 170 valence electrons. The van der Waals surface area contributed by atoms with Gasteiger partial charge in [-0.2, -0.15) is 14.5 Å². The number of quaternary nitrogens is 1. The number of aliphatic imine (C=N–C) groups is 2. The first-order chi connectivity index (χ1) is 15.6. The zero-order chi connectivity index (χ0) is 22.6. The van der Waals surface area contributed by atoms with Crippen LogP contribution in [-0.2, 0) is 4.74 Å². The van der Waals surface area contributed by atoms with E-state index in [1.54, 1.807) is 14.2 Å². The maximum Gasteiger partial charge on any atom is 0.311 e. The average molecular weight is 477 g/mol. The van der Waals surface area contributed by atoms with Gasteiger partial charge in [-0.3, -0.25) is 0 Å². The van der Waals surface area contributed by atoms with Crippen molar-refractivity contribution in [3.63, 3.8) is 0 Å². The normalized spacial score (nSPS) is 20.3. The second-order valence-electron chi connectivity index (χ2n) is 8.11. The third-order valence-electron chi connectivity index (χ3n) is 6.19. The Balaban J connectivity index is 1.78. The molecule has 6 nitrogen and oxygen atoms in total. The Labute approximate surface area is 199 Å². The molecule has 32 heavy (non-hydrogen) atoms. The number of benzene rings is 2. The SMILES string of the molecule is COc1ccc([N+]2(c3ccc(OC)c(Cl)c3)C=NC=NC2OCC2CCCCC2)cc1Cl. The highest BCUT2D eigenvalue weighted by atomic mass is 35.5. The molecule has 8 heteroatoms. The maximum atomic E-state index is 6.52. The molecule has 0 N–H and O–H groups in total. The smallest absolute Gasteiger partial charge is 0.311 e. The van der Waals surface area contributed by atoms with E-state index in [1.165, 1.54) is 38.4 Å². The Hall–Kier alpha value is -2.12. The number of hydrogen-bond acceptors (Lipinski definition) is 5. The number of hydrogen-bond donors (Lipinski definition) is 0. The van der Waals surface area contributed by atoms with Crippen LogP contribution in [-0.4, -0.2) is 39.9 Å². The summed E-state index contributed by atoms with van der Waals surface area (Å²) in [5, 5.41) is 0.993. The summed E-state index contributed by atoms with van der Waals surface area (Å²) in [4.78, 5) is 9.04. The number of halogens is 2. The highest BCUT2D eigenvalue weighted by Crippen LogP contribution is 2.43. The third kappa shape index (κ3) is 4.50. The van der Waals surface area contributed by atoms with Crippen LogP contribution in [0, 0.1) is 5.92 Å². The van der Waals surface area contributed by atoms with Crippen molar-refractivity contribution < 1.29 is 14.2 Å². The number of rotatable bonds is 7. The van der Waals surface area contributed by atoms with Crippen LogP contribution in [0.5, 0.6) is 11.5 Å². The first-order valence-electron chi connectivity index (χ1n) is 10.8. The summed E-state index contributed by atoms with van der Waals surface area (Å²) in [6.45, 7) is 0.642. The van der Waals surface area contributed by atoms with Crippen LogP contribution in [0.1, 0.15) is 32.1 Å². The van der Waals surface area contributed by atoms with Gasteiger partial charge in [-0.05, 0) is 30.9 Å². The molecular weight excluding hydrogens is 449 g/mol. The molecule has 1 aliphatic carbocycles. The minimum Gasteiger partial charge on any atom is -0.495 e. The first kappa shape index (κ1) is 23.1. The predicted octanol–water partition coefficient (Wildman–Crippen LogP) is 6.60. The molecule has 2 aromatic carbocycles. The summed E-state index contributed by atoms with van der Waals surface area (Å²) < 4.78 is 17.3. The predicted molar refractivity (Wildman–Crippen MR) is 131 cm³/mol. The maximum absolute atomic E-state index is 6.52. The molecule has 1 atom stereocenters. The second kappa shape index (κ2) is 10.2. The van der Waals surface area contributed by atoms with Crippen LogP contribution >= 0.6 is 23.2 Å². The fourth-order valence-electron chi connectivity index (χ4n) is 4.44. The third-order valence-corrected chi connectivity index (χ3v) is 6.78. The van der Waals surface area contributed by atoms with Crippen molar-refractivity contribution in [3.8, 4) is 11.5 Å². The van der Waals surface area contributed by atoms with E-state index in [0.29, 0.717) is 34.1 Å². The summed E-state index contributed by atoms with van der Waals surface area (Å²) in [6, 6.07) is 11.3. The molecule has 2 aromatic rings. The topological polar surface area (TPSA) is 52.4 Å². The van der Waals surface area contributed by atoms with Gasteiger partial charge in [0, 0.05) is 24.3 Å². The molecule has 1 saturated carbocycles. The summed E-state index contributed by atoms with van der Waals surface area (Å²) in [5.41, 5.74) is 1.68. The Morgan fingerprint density at radius 1 is 0.906 bits per heavy atom. The van der Waals surface area contributed by atoms with E-state index in [9.17, 15) is 0 Å². The fraction of sp³-hybridized carbons (Fsp3) is 0.417. The minimum absolute atomic E-state index is 0.0939. The summed E-state index contributed by atoms with van der Waals surface area (Å²) >= 11 is 13.0. The number of ether oxygens (including phenoxy) is 3. The van der Waals surface area contributed by atoms with E-state index in [-0.39, 0.29) is 4.48 Å². The molecule has 0 bridgehead atoms. The largest absolute Gasteiger partial charge is 0.495 e. The highest BCUT2D eigenvalue weighted by Gasteiger charge is 2.44. The monoisotopic (exact) mass is 476 g/mol. The van der Waals surface area contributed by atoms with Crippen LogP contribution in [0.25, 0.3) is 0 Å². The lowest BCUT2D eigenvalue weighted by Gasteiger charge is -2.39. The van der Waals surface area contributed by atoms with E-state index in [0.717, 1.165) is 11.4 Å². The van der Waals surface area contributed by atoms with Crippen LogP contribution in [0.2, 0.25) is 10.0 Å². The zero-order valence-electron chi connectivity index (χ0n) is 18.3. The van der Waals surface area contributed by atoms with Crippen LogP contribution in [0.3, 0.4) is 0 Å². The first-order valence-corrected chi connectivity index (χ1v) is 11.6. The lowest BCUT2D eigenvalue weighted by molar-refractivity contribution is -0.0196. The van der Waals surface area contributed by atoms with Gasteiger partial charge in [0.2, 0.25) is 6.34 Å². The molecule has 1 heterocycles. The Morgan fingerprint density at radius 2 is 1.50 bits per heavy atom. The van der Waals surface area contributed by atoms with Crippen molar-refractivity contribution in [2.75, 3.05) is 20.8 Å². The van der Waals surface area contributed by atoms with Crippen molar-refractivity contribution in [3.05, 3.63) is 46.4 Å². The van der Waals surface area contributed by atoms with Crippen molar-refractivity contribution in [1.29, 1.82) is 0 Å². The van der Waals surface area contributed by atoms with Gasteiger partial charge in [-0.25, -0.2) is 0 Å². The van der Waals surface area contributed by atoms with Crippen molar-refractivity contribution in [2.45, 2.75) is 38.5 Å². The van der Waals surface area contributed by atoms with E-state index < -0.39 is 6.35 Å². The Bertz CT molecular complexity index is 952. The van der Waals surface area contributed by atoms with Crippen LogP contribution < -0.4 is 14.0 Å². The lowest BCUT2D eigenvalue weighted by atomic mass is 9.90. The van der Waals surface area contributed by atoms with Gasteiger partial charge in [0.05, 0.1) is 30.9 Å². The van der Waals surface area contributed by atoms with Gasteiger partial charge in [-0.15, -0.1) is 0 Å². The fourth-order valence-corrected chi connectivity index (χ4v) is 4.94. The van der Waals surface area contributed by atoms with Gasteiger partial charge in [0.1, 0.15) is 29.2 Å². The molecule has 0 saturated heterocycles. The molecule has 0 amide bonds. The highest BCUT2D eigenvalue weighted by molar-refractivity contribution is 6.32. The van der Waals surface area contributed by atoms with Gasteiger partial charge in [-0.1, -0.05) is 42.5 Å². The molecule has 0 radical (unpaired) electrons. The molecule has 1 aliphatic heterocycles. The van der Waals surface area contributed by atoms with E-state index in [2.05, 4.69) is 9.98 Å². The van der Waals surface area contributed by atoms with Gasteiger partial charge < -0.3 is 14.2 Å². The van der Waals surface area contributed by atoms with Crippen molar-refractivity contribution in [2.24, 2.45) is 15.9 Å².